The molecule has 15 heavy (non-hydrogen) atoms. The largest absolute Gasteiger partial charge is 0.378 e. The number of aliphatic hydroxyl groups excluding tert-OH is 2. The molecule has 0 heterocycles. The minimum absolute atomic E-state index is 0.570. The lowest BCUT2D eigenvalue weighted by atomic mass is 10.3. The second-order valence-corrected chi connectivity index (χ2v) is 3.55. The molecule has 0 aliphatic carbocycles. The van der Waals surface area contributed by atoms with Crippen LogP contribution in [0.25, 0.3) is 0 Å². The van der Waals surface area contributed by atoms with Crippen molar-refractivity contribution in [2.45, 2.75) is 39.1 Å². The van der Waals surface area contributed by atoms with Crippen LogP contribution in [0.5, 0.6) is 0 Å². The van der Waals surface area contributed by atoms with Gasteiger partial charge >= 0.3 is 0 Å². The normalized spacial score (nSPS) is 15.6. The van der Waals surface area contributed by atoms with E-state index in [1.165, 1.54) is 0 Å². The summed E-state index contributed by atoms with van der Waals surface area (Å²) in [5.41, 5.74) is 5.34. The zero-order valence-corrected chi connectivity index (χ0v) is 9.82. The Morgan fingerprint density at radius 2 is 1.67 bits per heavy atom. The molecule has 5 nitrogen and oxygen atoms in total. The van der Waals surface area contributed by atoms with Gasteiger partial charge in [-0.05, 0) is 12.8 Å². The van der Waals surface area contributed by atoms with Crippen LogP contribution in [-0.4, -0.2) is 53.7 Å². The van der Waals surface area contributed by atoms with Crippen molar-refractivity contribution < 1.29 is 10.2 Å². The SMILES string of the molecule is CCC(O)N(CCNCCN)C(O)CC. The van der Waals surface area contributed by atoms with E-state index in [9.17, 15) is 10.2 Å². The van der Waals surface area contributed by atoms with Crippen LogP contribution >= 0.6 is 0 Å². The average Bonchev–Trinajstić information content (AvgIpc) is 2.27. The van der Waals surface area contributed by atoms with E-state index >= 15 is 0 Å². The molecule has 2 unspecified atom stereocenters. The van der Waals surface area contributed by atoms with Crippen molar-refractivity contribution in [3.63, 3.8) is 0 Å². The van der Waals surface area contributed by atoms with Gasteiger partial charge in [-0.15, -0.1) is 0 Å². The summed E-state index contributed by atoms with van der Waals surface area (Å²) in [6.45, 7) is 6.51. The number of aliphatic hydroxyl groups is 2. The fraction of sp³-hybridized carbons (Fsp3) is 1.00. The van der Waals surface area contributed by atoms with E-state index in [-0.39, 0.29) is 0 Å². The molecule has 0 amide bonds. The van der Waals surface area contributed by atoms with Gasteiger partial charge in [0.1, 0.15) is 12.5 Å². The third-order valence-corrected chi connectivity index (χ3v) is 2.36. The highest BCUT2D eigenvalue weighted by Gasteiger charge is 2.19. The highest BCUT2D eigenvalue weighted by molar-refractivity contribution is 4.65. The molecule has 5 N–H and O–H groups in total. The Labute approximate surface area is 92.3 Å². The maximum absolute atomic E-state index is 9.69. The molecule has 0 aromatic carbocycles. The van der Waals surface area contributed by atoms with E-state index in [0.717, 1.165) is 13.1 Å². The Morgan fingerprint density at radius 1 is 1.13 bits per heavy atom. The molecule has 2 atom stereocenters. The Morgan fingerprint density at radius 3 is 2.07 bits per heavy atom. The number of rotatable bonds is 9. The van der Waals surface area contributed by atoms with Gasteiger partial charge in [0.05, 0.1) is 0 Å². The van der Waals surface area contributed by atoms with Crippen molar-refractivity contribution in [2.75, 3.05) is 26.2 Å². The van der Waals surface area contributed by atoms with Gasteiger partial charge in [-0.2, -0.15) is 0 Å². The van der Waals surface area contributed by atoms with Crippen LogP contribution in [0.3, 0.4) is 0 Å². The number of nitrogens with two attached hydrogens (primary N) is 1. The molecular weight excluding hydrogens is 194 g/mol. The minimum atomic E-state index is -0.570. The zero-order chi connectivity index (χ0) is 11.7. The Kier molecular flexibility index (Phi) is 8.94. The molecule has 0 saturated carbocycles. The summed E-state index contributed by atoms with van der Waals surface area (Å²) in [6.07, 6.45) is 0.0984. The molecule has 0 bridgehead atoms. The second-order valence-electron chi connectivity index (χ2n) is 3.55. The molecule has 0 rings (SSSR count). The first-order valence-corrected chi connectivity index (χ1v) is 5.70. The van der Waals surface area contributed by atoms with Crippen molar-refractivity contribution in [3.05, 3.63) is 0 Å². The fourth-order valence-corrected chi connectivity index (χ4v) is 1.40. The average molecular weight is 219 g/mol. The van der Waals surface area contributed by atoms with E-state index in [1.807, 2.05) is 13.8 Å². The van der Waals surface area contributed by atoms with Gasteiger partial charge in [0.2, 0.25) is 0 Å². The number of hydrogen-bond donors (Lipinski definition) is 4. The van der Waals surface area contributed by atoms with Crippen LogP contribution in [-0.2, 0) is 0 Å². The zero-order valence-electron chi connectivity index (χ0n) is 9.82. The van der Waals surface area contributed by atoms with Crippen molar-refractivity contribution in [1.82, 2.24) is 10.2 Å². The van der Waals surface area contributed by atoms with E-state index in [4.69, 9.17) is 5.73 Å². The molecule has 0 saturated heterocycles. The summed E-state index contributed by atoms with van der Waals surface area (Å²) in [5, 5.41) is 22.5. The lowest BCUT2D eigenvalue weighted by Gasteiger charge is -2.31. The monoisotopic (exact) mass is 219 g/mol. The Hall–Kier alpha value is -0.200. The maximum Gasteiger partial charge on any atom is 0.109 e. The minimum Gasteiger partial charge on any atom is -0.378 e. The standard InChI is InChI=1S/C10H25N3O2/c1-3-9(14)13(10(15)4-2)8-7-12-6-5-11/h9-10,12,14-15H,3-8,11H2,1-2H3. The molecule has 0 aliphatic heterocycles. The molecule has 0 radical (unpaired) electrons. The smallest absolute Gasteiger partial charge is 0.109 e. The fourth-order valence-electron chi connectivity index (χ4n) is 1.40. The van der Waals surface area contributed by atoms with Crippen LogP contribution < -0.4 is 11.1 Å². The van der Waals surface area contributed by atoms with Gasteiger partial charge in [0.15, 0.2) is 0 Å². The maximum atomic E-state index is 9.69. The first-order chi connectivity index (χ1) is 7.17. The van der Waals surface area contributed by atoms with Crippen LogP contribution in [0.1, 0.15) is 26.7 Å². The van der Waals surface area contributed by atoms with Crippen molar-refractivity contribution >= 4 is 0 Å². The predicted octanol–water partition coefficient (Wildman–Crippen LogP) is -0.706. The van der Waals surface area contributed by atoms with Crippen LogP contribution in [0, 0.1) is 0 Å². The molecule has 0 spiro atoms. The molecule has 0 aliphatic rings. The lowest BCUT2D eigenvalue weighted by molar-refractivity contribution is -0.102. The summed E-state index contributed by atoms with van der Waals surface area (Å²) < 4.78 is 0. The number of nitrogens with zero attached hydrogens (tertiary/aromatic N) is 1. The van der Waals surface area contributed by atoms with Gasteiger partial charge in [-0.25, -0.2) is 0 Å². The summed E-state index contributed by atoms with van der Waals surface area (Å²) in [4.78, 5) is 1.70. The molecular formula is C10H25N3O2. The summed E-state index contributed by atoms with van der Waals surface area (Å²) in [6, 6.07) is 0. The van der Waals surface area contributed by atoms with E-state index in [2.05, 4.69) is 5.32 Å². The first-order valence-electron chi connectivity index (χ1n) is 5.70. The predicted molar refractivity (Wildman–Crippen MR) is 61.2 cm³/mol. The summed E-state index contributed by atoms with van der Waals surface area (Å²) in [5.74, 6) is 0. The molecule has 92 valence electrons. The number of nitrogens with one attached hydrogen (secondary N) is 1. The first kappa shape index (κ1) is 14.8. The molecule has 5 heteroatoms. The number of hydrogen-bond acceptors (Lipinski definition) is 5. The quantitative estimate of drug-likeness (QED) is 0.304. The Balaban J connectivity index is 3.90. The van der Waals surface area contributed by atoms with E-state index in [0.29, 0.717) is 25.9 Å². The van der Waals surface area contributed by atoms with Gasteiger partial charge in [0.25, 0.3) is 0 Å². The van der Waals surface area contributed by atoms with Gasteiger partial charge in [-0.3, -0.25) is 4.90 Å². The van der Waals surface area contributed by atoms with Gasteiger partial charge < -0.3 is 21.3 Å². The third kappa shape index (κ3) is 6.06. The van der Waals surface area contributed by atoms with Crippen LogP contribution in [0.15, 0.2) is 0 Å². The van der Waals surface area contributed by atoms with Gasteiger partial charge in [-0.1, -0.05) is 13.8 Å². The summed E-state index contributed by atoms with van der Waals surface area (Å²) >= 11 is 0. The third-order valence-electron chi connectivity index (χ3n) is 2.36. The highest BCUT2D eigenvalue weighted by atomic mass is 16.3. The van der Waals surface area contributed by atoms with Crippen molar-refractivity contribution in [1.29, 1.82) is 0 Å². The van der Waals surface area contributed by atoms with E-state index < -0.39 is 12.5 Å². The lowest BCUT2D eigenvalue weighted by Crippen LogP contribution is -2.46. The highest BCUT2D eigenvalue weighted by Crippen LogP contribution is 2.06. The van der Waals surface area contributed by atoms with Crippen molar-refractivity contribution in [3.8, 4) is 0 Å². The molecule has 0 aromatic heterocycles. The molecule has 0 fully saturated rings. The van der Waals surface area contributed by atoms with Gasteiger partial charge in [0, 0.05) is 26.2 Å². The van der Waals surface area contributed by atoms with Crippen LogP contribution in [0.4, 0.5) is 0 Å². The van der Waals surface area contributed by atoms with Crippen LogP contribution in [0.2, 0.25) is 0 Å². The Bertz CT molecular complexity index is 137. The second kappa shape index (κ2) is 9.06. The van der Waals surface area contributed by atoms with E-state index in [1.54, 1.807) is 4.90 Å². The molecule has 0 aromatic rings. The topological polar surface area (TPSA) is 81.8 Å². The van der Waals surface area contributed by atoms with Crippen molar-refractivity contribution in [2.24, 2.45) is 5.73 Å². The summed E-state index contributed by atoms with van der Waals surface area (Å²) in [7, 11) is 0.